The number of anilines is 1. The summed E-state index contributed by atoms with van der Waals surface area (Å²) in [5.41, 5.74) is 14.5. The SMILES string of the molecule is Cc1cc(N)c2c(c1I)C(Cc1ccccc1)(Cc1ccccc1)CC2. The molecule has 2 heteroatoms. The van der Waals surface area contributed by atoms with Gasteiger partial charge >= 0.3 is 0 Å². The van der Waals surface area contributed by atoms with Gasteiger partial charge in [0.25, 0.3) is 0 Å². The van der Waals surface area contributed by atoms with Crippen LogP contribution in [0.25, 0.3) is 0 Å². The van der Waals surface area contributed by atoms with Crippen LogP contribution >= 0.6 is 22.6 Å². The second-order valence-electron chi connectivity index (χ2n) is 7.56. The first-order chi connectivity index (χ1) is 12.6. The number of nitrogen functional groups attached to an aromatic ring is 1. The molecule has 26 heavy (non-hydrogen) atoms. The van der Waals surface area contributed by atoms with Gasteiger partial charge in [0.05, 0.1) is 0 Å². The Morgan fingerprint density at radius 3 is 2.00 bits per heavy atom. The zero-order valence-electron chi connectivity index (χ0n) is 15.1. The summed E-state index contributed by atoms with van der Waals surface area (Å²) < 4.78 is 1.40. The minimum Gasteiger partial charge on any atom is -0.398 e. The fraction of sp³-hybridized carbons (Fsp3) is 0.250. The molecule has 1 aliphatic rings. The van der Waals surface area contributed by atoms with Crippen LogP contribution in [-0.4, -0.2) is 0 Å². The summed E-state index contributed by atoms with van der Waals surface area (Å²) in [6.07, 6.45) is 4.37. The van der Waals surface area contributed by atoms with Gasteiger partial charge in [-0.2, -0.15) is 0 Å². The summed E-state index contributed by atoms with van der Waals surface area (Å²) >= 11 is 2.54. The number of nitrogens with two attached hydrogens (primary N) is 1. The van der Waals surface area contributed by atoms with Crippen LogP contribution in [0.3, 0.4) is 0 Å². The molecule has 0 radical (unpaired) electrons. The van der Waals surface area contributed by atoms with Crippen molar-refractivity contribution in [2.75, 3.05) is 5.73 Å². The molecule has 0 amide bonds. The Morgan fingerprint density at radius 2 is 1.46 bits per heavy atom. The number of rotatable bonds is 4. The molecule has 0 atom stereocenters. The highest BCUT2D eigenvalue weighted by Gasteiger charge is 2.41. The van der Waals surface area contributed by atoms with Crippen LogP contribution in [0.1, 0.15) is 34.2 Å². The van der Waals surface area contributed by atoms with Crippen LogP contribution in [0.5, 0.6) is 0 Å². The summed E-state index contributed by atoms with van der Waals surface area (Å²) in [6.45, 7) is 2.19. The summed E-state index contributed by atoms with van der Waals surface area (Å²) in [5.74, 6) is 0. The fourth-order valence-corrected chi connectivity index (χ4v) is 5.61. The molecule has 132 valence electrons. The van der Waals surface area contributed by atoms with Crippen molar-refractivity contribution in [2.24, 2.45) is 0 Å². The third-order valence-corrected chi connectivity index (χ3v) is 7.13. The van der Waals surface area contributed by atoms with Gasteiger partial charge in [0.2, 0.25) is 0 Å². The molecule has 0 heterocycles. The normalized spacial score (nSPS) is 15.0. The highest BCUT2D eigenvalue weighted by atomic mass is 127. The van der Waals surface area contributed by atoms with E-state index in [4.69, 9.17) is 5.73 Å². The van der Waals surface area contributed by atoms with Crippen LogP contribution in [0.15, 0.2) is 66.7 Å². The average Bonchev–Trinajstić information content (AvgIpc) is 3.01. The molecule has 0 aromatic heterocycles. The number of hydrogen-bond acceptors (Lipinski definition) is 1. The van der Waals surface area contributed by atoms with Crippen molar-refractivity contribution in [3.05, 3.63) is 98.1 Å². The number of fused-ring (bicyclic) bond motifs is 1. The molecule has 0 fully saturated rings. The van der Waals surface area contributed by atoms with Gasteiger partial charge in [-0.25, -0.2) is 0 Å². The van der Waals surface area contributed by atoms with Gasteiger partial charge < -0.3 is 5.73 Å². The topological polar surface area (TPSA) is 26.0 Å². The van der Waals surface area contributed by atoms with Gasteiger partial charge in [-0.1, -0.05) is 60.7 Å². The molecule has 1 nitrogen and oxygen atoms in total. The largest absolute Gasteiger partial charge is 0.398 e. The van der Waals surface area contributed by atoms with Gasteiger partial charge in [-0.3, -0.25) is 0 Å². The van der Waals surface area contributed by atoms with Crippen molar-refractivity contribution >= 4 is 28.3 Å². The van der Waals surface area contributed by atoms with Crippen LogP contribution in [-0.2, 0) is 24.7 Å². The lowest BCUT2D eigenvalue weighted by Crippen LogP contribution is -2.30. The molecule has 2 N–H and O–H groups in total. The van der Waals surface area contributed by atoms with Crippen LogP contribution in [0.4, 0.5) is 5.69 Å². The minimum atomic E-state index is 0.120. The average molecular weight is 453 g/mol. The lowest BCUT2D eigenvalue weighted by Gasteiger charge is -2.33. The Hall–Kier alpha value is -1.81. The van der Waals surface area contributed by atoms with E-state index in [1.807, 2.05) is 0 Å². The number of hydrogen-bond donors (Lipinski definition) is 1. The fourth-order valence-electron chi connectivity index (χ4n) is 4.56. The second-order valence-corrected chi connectivity index (χ2v) is 8.63. The maximum atomic E-state index is 6.45. The van der Waals surface area contributed by atoms with Crippen molar-refractivity contribution in [3.63, 3.8) is 0 Å². The van der Waals surface area contributed by atoms with E-state index in [-0.39, 0.29) is 5.41 Å². The summed E-state index contributed by atoms with van der Waals surface area (Å²) in [4.78, 5) is 0. The molecule has 4 rings (SSSR count). The maximum Gasteiger partial charge on any atom is 0.0352 e. The molecule has 3 aromatic rings. The van der Waals surface area contributed by atoms with Gasteiger partial charge in [-0.05, 0) is 89.1 Å². The highest BCUT2D eigenvalue weighted by molar-refractivity contribution is 14.1. The summed E-state index contributed by atoms with van der Waals surface area (Å²) in [7, 11) is 0. The number of benzene rings is 3. The van der Waals surface area contributed by atoms with Crippen molar-refractivity contribution in [2.45, 2.75) is 38.0 Å². The van der Waals surface area contributed by atoms with E-state index >= 15 is 0 Å². The van der Waals surface area contributed by atoms with Crippen LogP contribution < -0.4 is 5.73 Å². The Morgan fingerprint density at radius 1 is 0.923 bits per heavy atom. The van der Waals surface area contributed by atoms with Gasteiger partial charge in [0, 0.05) is 14.7 Å². The van der Waals surface area contributed by atoms with Crippen molar-refractivity contribution in [1.82, 2.24) is 0 Å². The van der Waals surface area contributed by atoms with E-state index in [0.29, 0.717) is 0 Å². The van der Waals surface area contributed by atoms with E-state index < -0.39 is 0 Å². The highest BCUT2D eigenvalue weighted by Crippen LogP contribution is 2.48. The number of halogens is 1. The van der Waals surface area contributed by atoms with Crippen LogP contribution in [0, 0.1) is 10.5 Å². The molecule has 3 aromatic carbocycles. The molecular formula is C24H24IN. The molecule has 0 aliphatic heterocycles. The van der Waals surface area contributed by atoms with E-state index in [1.54, 1.807) is 0 Å². The lowest BCUT2D eigenvalue weighted by atomic mass is 9.72. The number of aryl methyl sites for hydroxylation is 1. The molecular weight excluding hydrogens is 429 g/mol. The third-order valence-electron chi connectivity index (χ3n) is 5.74. The van der Waals surface area contributed by atoms with E-state index in [0.717, 1.165) is 31.4 Å². The van der Waals surface area contributed by atoms with E-state index in [1.165, 1.54) is 31.4 Å². The summed E-state index contributed by atoms with van der Waals surface area (Å²) in [6, 6.07) is 24.0. The predicted octanol–water partition coefficient (Wildman–Crippen LogP) is 5.85. The molecule has 0 bridgehead atoms. The first-order valence-corrected chi connectivity index (χ1v) is 10.3. The standard InChI is InChI=1S/C24H24IN/c1-17-14-21(26)20-12-13-24(22(20)23(17)25,15-18-8-4-2-5-9-18)16-19-10-6-3-7-11-19/h2-11,14H,12-13,15-16,26H2,1H3. The predicted molar refractivity (Wildman–Crippen MR) is 119 cm³/mol. The Labute approximate surface area is 169 Å². The summed E-state index contributed by atoms with van der Waals surface area (Å²) in [5, 5.41) is 0. The minimum absolute atomic E-state index is 0.120. The van der Waals surface area contributed by atoms with E-state index in [2.05, 4.69) is 96.2 Å². The molecule has 0 saturated carbocycles. The maximum absolute atomic E-state index is 6.45. The first kappa shape index (κ1) is 17.6. The molecule has 1 aliphatic carbocycles. The monoisotopic (exact) mass is 453 g/mol. The van der Waals surface area contributed by atoms with Crippen molar-refractivity contribution in [1.29, 1.82) is 0 Å². The van der Waals surface area contributed by atoms with Crippen molar-refractivity contribution < 1.29 is 0 Å². The Kier molecular flexibility index (Phi) is 4.78. The van der Waals surface area contributed by atoms with E-state index in [9.17, 15) is 0 Å². The Bertz CT molecular complexity index is 874. The van der Waals surface area contributed by atoms with Crippen molar-refractivity contribution in [3.8, 4) is 0 Å². The van der Waals surface area contributed by atoms with Gasteiger partial charge in [0.1, 0.15) is 0 Å². The zero-order chi connectivity index (χ0) is 18.1. The van der Waals surface area contributed by atoms with Gasteiger partial charge in [-0.15, -0.1) is 0 Å². The molecule has 0 saturated heterocycles. The van der Waals surface area contributed by atoms with Crippen LogP contribution in [0.2, 0.25) is 0 Å². The smallest absolute Gasteiger partial charge is 0.0352 e. The second kappa shape index (κ2) is 7.07. The Balaban J connectivity index is 1.86. The molecule has 0 spiro atoms. The van der Waals surface area contributed by atoms with Gasteiger partial charge in [0.15, 0.2) is 0 Å². The molecule has 0 unspecified atom stereocenters. The quantitative estimate of drug-likeness (QED) is 0.389. The third kappa shape index (κ3) is 3.16. The lowest BCUT2D eigenvalue weighted by molar-refractivity contribution is 0.415. The first-order valence-electron chi connectivity index (χ1n) is 9.25. The zero-order valence-corrected chi connectivity index (χ0v) is 17.3.